The second-order valence-electron chi connectivity index (χ2n) is 8.31. The van der Waals surface area contributed by atoms with Gasteiger partial charge in [-0.25, -0.2) is 15.0 Å². The van der Waals surface area contributed by atoms with Crippen LogP contribution >= 0.6 is 0 Å². The van der Waals surface area contributed by atoms with Crippen molar-refractivity contribution in [2.24, 2.45) is 5.92 Å². The Morgan fingerprint density at radius 2 is 1.84 bits per heavy atom. The molecule has 0 amide bonds. The fourth-order valence-corrected chi connectivity index (χ4v) is 4.39. The summed E-state index contributed by atoms with van der Waals surface area (Å²) in [6, 6.07) is 7.92. The van der Waals surface area contributed by atoms with Gasteiger partial charge in [0.25, 0.3) is 0 Å². The van der Waals surface area contributed by atoms with Crippen LogP contribution in [0.25, 0.3) is 10.9 Å². The molecule has 5 heterocycles. The van der Waals surface area contributed by atoms with Crippen LogP contribution in [0.15, 0.2) is 36.7 Å². The van der Waals surface area contributed by atoms with Crippen LogP contribution in [0.4, 0.5) is 17.6 Å². The van der Waals surface area contributed by atoms with Gasteiger partial charge >= 0.3 is 0 Å². The van der Waals surface area contributed by atoms with E-state index < -0.39 is 0 Å². The molecule has 0 spiro atoms. The monoisotopic (exact) mass is 435 g/mol. The number of pyridine rings is 2. The molecule has 3 aromatic rings. The molecular weight excluding hydrogens is 406 g/mol. The third-order valence-corrected chi connectivity index (χ3v) is 6.24. The molecular formula is C23H29N7O2. The van der Waals surface area contributed by atoms with Crippen molar-refractivity contribution in [1.82, 2.24) is 19.9 Å². The van der Waals surface area contributed by atoms with E-state index in [1.807, 2.05) is 12.3 Å². The van der Waals surface area contributed by atoms with Gasteiger partial charge in [-0.2, -0.15) is 0 Å². The van der Waals surface area contributed by atoms with E-state index in [2.05, 4.69) is 42.2 Å². The van der Waals surface area contributed by atoms with E-state index in [4.69, 9.17) is 9.72 Å². The van der Waals surface area contributed by atoms with Crippen molar-refractivity contribution in [2.45, 2.75) is 19.4 Å². The minimum Gasteiger partial charge on any atom is -0.390 e. The number of nitrogens with one attached hydrogen (secondary N) is 1. The molecule has 0 radical (unpaired) electrons. The first-order valence-corrected chi connectivity index (χ1v) is 11.3. The van der Waals surface area contributed by atoms with Crippen LogP contribution in [0.1, 0.15) is 18.5 Å². The largest absolute Gasteiger partial charge is 0.390 e. The number of hydrogen-bond donors (Lipinski definition) is 2. The highest BCUT2D eigenvalue weighted by Gasteiger charge is 2.24. The molecule has 0 aliphatic carbocycles. The molecule has 0 aromatic carbocycles. The predicted molar refractivity (Wildman–Crippen MR) is 124 cm³/mol. The smallest absolute Gasteiger partial charge is 0.222 e. The van der Waals surface area contributed by atoms with Gasteiger partial charge in [0, 0.05) is 56.6 Å². The van der Waals surface area contributed by atoms with E-state index in [1.54, 1.807) is 12.3 Å². The Balaban J connectivity index is 1.28. The third kappa shape index (κ3) is 4.58. The van der Waals surface area contributed by atoms with Crippen molar-refractivity contribution in [2.75, 3.05) is 61.1 Å². The van der Waals surface area contributed by atoms with Crippen LogP contribution in [-0.2, 0) is 11.3 Å². The average molecular weight is 436 g/mol. The van der Waals surface area contributed by atoms with E-state index in [9.17, 15) is 5.11 Å². The van der Waals surface area contributed by atoms with Crippen LogP contribution < -0.4 is 15.1 Å². The normalized spacial score (nSPS) is 17.7. The molecule has 0 unspecified atom stereocenters. The molecule has 0 bridgehead atoms. The Labute approximate surface area is 187 Å². The maximum atomic E-state index is 9.25. The fourth-order valence-electron chi connectivity index (χ4n) is 4.39. The highest BCUT2D eigenvalue weighted by molar-refractivity contribution is 5.91. The Kier molecular flexibility index (Phi) is 6.27. The van der Waals surface area contributed by atoms with Gasteiger partial charge in [0.2, 0.25) is 5.95 Å². The van der Waals surface area contributed by atoms with Crippen molar-refractivity contribution in [3.05, 3.63) is 42.4 Å². The highest BCUT2D eigenvalue weighted by atomic mass is 16.5. The quantitative estimate of drug-likeness (QED) is 0.603. The molecule has 2 aliphatic rings. The highest BCUT2D eigenvalue weighted by Crippen LogP contribution is 2.31. The van der Waals surface area contributed by atoms with Crippen molar-refractivity contribution >= 4 is 28.5 Å². The van der Waals surface area contributed by atoms with Crippen LogP contribution in [-0.4, -0.2) is 71.0 Å². The molecule has 9 nitrogen and oxygen atoms in total. The zero-order valence-corrected chi connectivity index (χ0v) is 18.2. The number of aromatic nitrogens is 4. The zero-order valence-electron chi connectivity index (χ0n) is 18.2. The molecule has 3 aromatic heterocycles. The lowest BCUT2D eigenvalue weighted by atomic mass is 9.96. The molecule has 0 saturated carbocycles. The van der Waals surface area contributed by atoms with Gasteiger partial charge in [-0.05, 0) is 37.0 Å². The van der Waals surface area contributed by atoms with E-state index in [-0.39, 0.29) is 6.61 Å². The zero-order chi connectivity index (χ0) is 21.8. The fraction of sp³-hybridized carbons (Fsp3) is 0.478. The van der Waals surface area contributed by atoms with E-state index in [0.29, 0.717) is 17.6 Å². The number of nitrogens with zero attached hydrogens (tertiary/aromatic N) is 6. The van der Waals surface area contributed by atoms with Crippen molar-refractivity contribution in [1.29, 1.82) is 0 Å². The van der Waals surface area contributed by atoms with Gasteiger partial charge in [-0.15, -0.1) is 0 Å². The molecule has 32 heavy (non-hydrogen) atoms. The Bertz CT molecular complexity index is 1050. The molecule has 2 N–H and O–H groups in total. The van der Waals surface area contributed by atoms with E-state index in [1.165, 1.54) is 0 Å². The molecule has 0 atom stereocenters. The topological polar surface area (TPSA) is 99.5 Å². The van der Waals surface area contributed by atoms with Crippen molar-refractivity contribution in [3.63, 3.8) is 0 Å². The van der Waals surface area contributed by atoms with Gasteiger partial charge in [-0.3, -0.25) is 4.98 Å². The summed E-state index contributed by atoms with van der Waals surface area (Å²) in [7, 11) is 0. The number of rotatable bonds is 6. The maximum absolute atomic E-state index is 9.25. The standard InChI is InChI=1S/C23H29N7O2/c31-16-18-3-7-25-23(27-18)26-15-17-4-8-30(9-5-17)22-19-2-1-6-24-20(19)14-21(28-22)29-10-12-32-13-11-29/h1-3,6-7,14,17,31H,4-5,8-13,15-16H2,(H,25,26,27). The van der Waals surface area contributed by atoms with E-state index >= 15 is 0 Å². The SMILES string of the molecule is OCc1ccnc(NCC2CCN(c3nc(N4CCOCC4)cc4ncccc34)CC2)n1. The molecule has 2 saturated heterocycles. The predicted octanol–water partition coefficient (Wildman–Crippen LogP) is 2.08. The maximum Gasteiger partial charge on any atom is 0.222 e. The minimum atomic E-state index is -0.0745. The Hall–Kier alpha value is -3.04. The first kappa shape index (κ1) is 20.8. The molecule has 5 rings (SSSR count). The van der Waals surface area contributed by atoms with Crippen LogP contribution in [0.2, 0.25) is 0 Å². The summed E-state index contributed by atoms with van der Waals surface area (Å²) < 4.78 is 5.51. The summed E-state index contributed by atoms with van der Waals surface area (Å²) in [4.78, 5) is 22.9. The lowest BCUT2D eigenvalue weighted by molar-refractivity contribution is 0.122. The summed E-state index contributed by atoms with van der Waals surface area (Å²) >= 11 is 0. The number of aliphatic hydroxyl groups is 1. The second-order valence-corrected chi connectivity index (χ2v) is 8.31. The van der Waals surface area contributed by atoms with Crippen molar-refractivity contribution < 1.29 is 9.84 Å². The minimum absolute atomic E-state index is 0.0745. The van der Waals surface area contributed by atoms with Gasteiger partial charge < -0.3 is 25.0 Å². The lowest BCUT2D eigenvalue weighted by Crippen LogP contribution is -2.38. The number of piperidine rings is 1. The summed E-state index contributed by atoms with van der Waals surface area (Å²) in [6.45, 7) is 5.85. The lowest BCUT2D eigenvalue weighted by Gasteiger charge is -2.34. The van der Waals surface area contributed by atoms with Crippen LogP contribution in [0.5, 0.6) is 0 Å². The van der Waals surface area contributed by atoms with Crippen LogP contribution in [0.3, 0.4) is 0 Å². The molecule has 168 valence electrons. The number of anilines is 3. The number of ether oxygens (including phenoxy) is 1. The van der Waals surface area contributed by atoms with E-state index in [0.717, 1.165) is 81.3 Å². The summed E-state index contributed by atoms with van der Waals surface area (Å²) in [5.41, 5.74) is 1.62. The van der Waals surface area contributed by atoms with Crippen LogP contribution in [0, 0.1) is 5.92 Å². The Morgan fingerprint density at radius 3 is 2.66 bits per heavy atom. The summed E-state index contributed by atoms with van der Waals surface area (Å²) in [5.74, 6) is 3.14. The van der Waals surface area contributed by atoms with Crippen molar-refractivity contribution in [3.8, 4) is 0 Å². The third-order valence-electron chi connectivity index (χ3n) is 6.24. The summed E-state index contributed by atoms with van der Waals surface area (Å²) in [5, 5.41) is 13.7. The molecule has 9 heteroatoms. The number of hydrogen-bond acceptors (Lipinski definition) is 9. The first-order valence-electron chi connectivity index (χ1n) is 11.3. The molecule has 2 aliphatic heterocycles. The van der Waals surface area contributed by atoms with Gasteiger partial charge in [0.1, 0.15) is 11.6 Å². The van der Waals surface area contributed by atoms with Gasteiger partial charge in [-0.1, -0.05) is 0 Å². The average Bonchev–Trinajstić information content (AvgIpc) is 2.88. The number of morpholine rings is 1. The first-order chi connectivity index (χ1) is 15.8. The van der Waals surface area contributed by atoms with Gasteiger partial charge in [0.05, 0.1) is 31.0 Å². The number of aliphatic hydroxyl groups excluding tert-OH is 1. The Morgan fingerprint density at radius 1 is 1.00 bits per heavy atom. The number of fused-ring (bicyclic) bond motifs is 1. The second kappa shape index (κ2) is 9.62. The molecule has 2 fully saturated rings. The van der Waals surface area contributed by atoms with Gasteiger partial charge in [0.15, 0.2) is 0 Å². The summed E-state index contributed by atoms with van der Waals surface area (Å²) in [6.07, 6.45) is 5.66.